The first-order valence-electron chi connectivity index (χ1n) is 9.16. The van der Waals surface area contributed by atoms with Gasteiger partial charge in [-0.05, 0) is 44.7 Å². The molecule has 1 saturated carbocycles. The van der Waals surface area contributed by atoms with E-state index in [9.17, 15) is 4.79 Å². The van der Waals surface area contributed by atoms with Crippen LogP contribution in [0.3, 0.4) is 0 Å². The maximum absolute atomic E-state index is 12.3. The first-order valence-corrected chi connectivity index (χ1v) is 9.16. The van der Waals surface area contributed by atoms with Crippen LogP contribution < -0.4 is 15.5 Å². The standard InChI is InChI=1S/C20H27N5O/c1-14-13-21-20(24-18(14)25(2)3)23-17-11-9-16(10-12-17)22-19(26)15-7-5-4-6-8-15/h4-8,13,16-17H,9-12H2,1-3H3,(H,22,26)(H,21,23,24). The highest BCUT2D eigenvalue weighted by atomic mass is 16.1. The van der Waals surface area contributed by atoms with Crippen molar-refractivity contribution in [2.75, 3.05) is 24.3 Å². The minimum Gasteiger partial charge on any atom is -0.362 e. The Kier molecular flexibility index (Phi) is 5.71. The Morgan fingerprint density at radius 2 is 1.73 bits per heavy atom. The normalized spacial score (nSPS) is 19.7. The number of rotatable bonds is 5. The van der Waals surface area contributed by atoms with Gasteiger partial charge in [-0.3, -0.25) is 4.79 Å². The number of amides is 1. The van der Waals surface area contributed by atoms with Gasteiger partial charge in [-0.2, -0.15) is 4.98 Å². The van der Waals surface area contributed by atoms with Crippen molar-refractivity contribution >= 4 is 17.7 Å². The molecule has 1 fully saturated rings. The van der Waals surface area contributed by atoms with E-state index in [4.69, 9.17) is 0 Å². The predicted molar refractivity (Wildman–Crippen MR) is 105 cm³/mol. The molecule has 0 atom stereocenters. The van der Waals surface area contributed by atoms with Crippen LogP contribution >= 0.6 is 0 Å². The van der Waals surface area contributed by atoms with Gasteiger partial charge in [0.25, 0.3) is 5.91 Å². The number of anilines is 2. The Morgan fingerprint density at radius 1 is 1.08 bits per heavy atom. The van der Waals surface area contributed by atoms with Gasteiger partial charge >= 0.3 is 0 Å². The van der Waals surface area contributed by atoms with Crippen molar-refractivity contribution in [3.63, 3.8) is 0 Å². The zero-order chi connectivity index (χ0) is 18.5. The molecule has 1 aliphatic carbocycles. The molecule has 2 N–H and O–H groups in total. The molecule has 0 bridgehead atoms. The van der Waals surface area contributed by atoms with Crippen LogP contribution in [0.25, 0.3) is 0 Å². The lowest BCUT2D eigenvalue weighted by atomic mass is 9.91. The van der Waals surface area contributed by atoms with Crippen molar-refractivity contribution < 1.29 is 4.79 Å². The Bertz CT molecular complexity index is 739. The highest BCUT2D eigenvalue weighted by Crippen LogP contribution is 2.23. The Balaban J connectivity index is 1.51. The molecule has 1 aromatic heterocycles. The van der Waals surface area contributed by atoms with Crippen LogP contribution in [0.1, 0.15) is 41.6 Å². The molecule has 0 radical (unpaired) electrons. The van der Waals surface area contributed by atoms with Crippen molar-refractivity contribution in [3.05, 3.63) is 47.7 Å². The fourth-order valence-electron chi connectivity index (χ4n) is 3.38. The van der Waals surface area contributed by atoms with Crippen LogP contribution in [-0.2, 0) is 0 Å². The van der Waals surface area contributed by atoms with Crippen LogP contribution in [0.2, 0.25) is 0 Å². The molecule has 2 aromatic rings. The third kappa shape index (κ3) is 4.50. The first kappa shape index (κ1) is 18.2. The fourth-order valence-corrected chi connectivity index (χ4v) is 3.38. The van der Waals surface area contributed by atoms with Crippen molar-refractivity contribution in [2.24, 2.45) is 0 Å². The molecule has 1 amide bonds. The first-order chi connectivity index (χ1) is 12.5. The molecule has 6 heteroatoms. The molecule has 0 saturated heterocycles. The molecule has 3 rings (SSSR count). The average Bonchev–Trinajstić information content (AvgIpc) is 2.65. The number of hydrogen-bond donors (Lipinski definition) is 2. The van der Waals surface area contributed by atoms with Crippen molar-refractivity contribution in [2.45, 2.75) is 44.7 Å². The summed E-state index contributed by atoms with van der Waals surface area (Å²) in [6, 6.07) is 9.97. The van der Waals surface area contributed by atoms with E-state index in [-0.39, 0.29) is 11.9 Å². The molecular weight excluding hydrogens is 326 g/mol. The van der Waals surface area contributed by atoms with Crippen LogP contribution in [0.15, 0.2) is 36.5 Å². The number of carbonyl (C=O) groups is 1. The summed E-state index contributed by atoms with van der Waals surface area (Å²) in [4.78, 5) is 23.3. The minimum absolute atomic E-state index is 0.0134. The van der Waals surface area contributed by atoms with Gasteiger partial charge in [0.15, 0.2) is 0 Å². The van der Waals surface area contributed by atoms with Crippen LogP contribution in [-0.4, -0.2) is 42.1 Å². The van der Waals surface area contributed by atoms with Crippen LogP contribution in [0.4, 0.5) is 11.8 Å². The summed E-state index contributed by atoms with van der Waals surface area (Å²) in [7, 11) is 3.97. The van der Waals surface area contributed by atoms with E-state index >= 15 is 0 Å². The minimum atomic E-state index is 0.0134. The van der Waals surface area contributed by atoms with Gasteiger partial charge in [-0.25, -0.2) is 4.98 Å². The second-order valence-corrected chi connectivity index (χ2v) is 7.13. The van der Waals surface area contributed by atoms with E-state index in [1.54, 1.807) is 0 Å². The van der Waals surface area contributed by atoms with E-state index in [0.29, 0.717) is 12.0 Å². The van der Waals surface area contributed by atoms with Crippen LogP contribution in [0, 0.1) is 6.92 Å². The maximum atomic E-state index is 12.3. The van der Waals surface area contributed by atoms with Gasteiger partial charge in [0.1, 0.15) is 5.82 Å². The zero-order valence-electron chi connectivity index (χ0n) is 15.7. The van der Waals surface area contributed by atoms with Gasteiger partial charge in [0.2, 0.25) is 5.95 Å². The van der Waals surface area contributed by atoms with Crippen molar-refractivity contribution in [3.8, 4) is 0 Å². The molecule has 6 nitrogen and oxygen atoms in total. The quantitative estimate of drug-likeness (QED) is 0.865. The highest BCUT2D eigenvalue weighted by molar-refractivity contribution is 5.94. The molecule has 1 aliphatic rings. The highest BCUT2D eigenvalue weighted by Gasteiger charge is 2.23. The lowest BCUT2D eigenvalue weighted by Crippen LogP contribution is -2.40. The SMILES string of the molecule is Cc1cnc(NC2CCC(NC(=O)c3ccccc3)CC2)nc1N(C)C. The van der Waals surface area contributed by atoms with Crippen molar-refractivity contribution in [1.29, 1.82) is 0 Å². The molecule has 1 aromatic carbocycles. The number of aryl methyl sites for hydroxylation is 1. The Hall–Kier alpha value is -2.63. The molecule has 0 unspecified atom stereocenters. The van der Waals surface area contributed by atoms with Crippen LogP contribution in [0.5, 0.6) is 0 Å². The zero-order valence-corrected chi connectivity index (χ0v) is 15.7. The average molecular weight is 353 g/mol. The van der Waals surface area contributed by atoms with Gasteiger partial charge in [0.05, 0.1) is 0 Å². The second kappa shape index (κ2) is 8.17. The smallest absolute Gasteiger partial charge is 0.251 e. The van der Waals surface area contributed by atoms with E-state index in [0.717, 1.165) is 42.6 Å². The maximum Gasteiger partial charge on any atom is 0.251 e. The van der Waals surface area contributed by atoms with Crippen molar-refractivity contribution in [1.82, 2.24) is 15.3 Å². The lowest BCUT2D eigenvalue weighted by Gasteiger charge is -2.30. The molecule has 1 heterocycles. The number of hydrogen-bond acceptors (Lipinski definition) is 5. The predicted octanol–water partition coefficient (Wildman–Crippen LogP) is 3.00. The van der Waals surface area contributed by atoms with Gasteiger partial charge < -0.3 is 15.5 Å². The molecule has 26 heavy (non-hydrogen) atoms. The third-order valence-electron chi connectivity index (χ3n) is 4.80. The molecule has 0 aliphatic heterocycles. The second-order valence-electron chi connectivity index (χ2n) is 7.13. The molecule has 0 spiro atoms. The fraction of sp³-hybridized carbons (Fsp3) is 0.450. The largest absolute Gasteiger partial charge is 0.362 e. The third-order valence-corrected chi connectivity index (χ3v) is 4.80. The van der Waals surface area contributed by atoms with E-state index in [2.05, 4.69) is 20.6 Å². The summed E-state index contributed by atoms with van der Waals surface area (Å²) < 4.78 is 0. The Morgan fingerprint density at radius 3 is 2.38 bits per heavy atom. The monoisotopic (exact) mass is 353 g/mol. The van der Waals surface area contributed by atoms with Gasteiger partial charge in [-0.15, -0.1) is 0 Å². The van der Waals surface area contributed by atoms with E-state index in [1.165, 1.54) is 0 Å². The molecule has 138 valence electrons. The number of nitrogens with one attached hydrogen (secondary N) is 2. The summed E-state index contributed by atoms with van der Waals surface area (Å²) in [6.07, 6.45) is 5.77. The summed E-state index contributed by atoms with van der Waals surface area (Å²) in [5.74, 6) is 1.63. The summed E-state index contributed by atoms with van der Waals surface area (Å²) in [6.45, 7) is 2.01. The number of nitrogens with zero attached hydrogens (tertiary/aromatic N) is 3. The number of carbonyl (C=O) groups excluding carboxylic acids is 1. The summed E-state index contributed by atoms with van der Waals surface area (Å²) in [5.41, 5.74) is 1.78. The van der Waals surface area contributed by atoms with Gasteiger partial charge in [-0.1, -0.05) is 18.2 Å². The summed E-state index contributed by atoms with van der Waals surface area (Å²) >= 11 is 0. The summed E-state index contributed by atoms with van der Waals surface area (Å²) in [5, 5.41) is 6.59. The molecular formula is C20H27N5O. The number of benzene rings is 1. The van der Waals surface area contributed by atoms with E-state index in [1.807, 2.05) is 62.4 Å². The Labute approximate surface area is 155 Å². The van der Waals surface area contributed by atoms with Gasteiger partial charge in [0, 0.05) is 43.5 Å². The number of aromatic nitrogens is 2. The topological polar surface area (TPSA) is 70.1 Å². The van der Waals surface area contributed by atoms with E-state index < -0.39 is 0 Å². The lowest BCUT2D eigenvalue weighted by molar-refractivity contribution is 0.0926.